The summed E-state index contributed by atoms with van der Waals surface area (Å²) in [5, 5.41) is 7.95. The van der Waals surface area contributed by atoms with Crippen LogP contribution in [0.3, 0.4) is 0 Å². The Morgan fingerprint density at radius 2 is 1.96 bits per heavy atom. The second kappa shape index (κ2) is 7.33. The number of hydrogen-bond acceptors (Lipinski definition) is 3. The van der Waals surface area contributed by atoms with Crippen LogP contribution in [-0.2, 0) is 0 Å². The minimum Gasteiger partial charge on any atom is -0.380 e. The lowest BCUT2D eigenvalue weighted by atomic mass is 10.2. The number of carbonyl (C=O) groups is 1. The van der Waals surface area contributed by atoms with Crippen LogP contribution >= 0.6 is 15.9 Å². The minimum atomic E-state index is -0.0175. The molecule has 1 aliphatic rings. The predicted molar refractivity (Wildman–Crippen MR) is 106 cm³/mol. The number of para-hydroxylation sites is 1. The number of halogens is 1. The Morgan fingerprint density at radius 3 is 2.77 bits per heavy atom. The Labute approximate surface area is 160 Å². The van der Waals surface area contributed by atoms with Crippen molar-refractivity contribution in [2.75, 3.05) is 18.4 Å². The van der Waals surface area contributed by atoms with Gasteiger partial charge in [0, 0.05) is 35.5 Å². The second-order valence-electron chi connectivity index (χ2n) is 6.37. The summed E-state index contributed by atoms with van der Waals surface area (Å²) in [5.74, 6) is -0.0175. The van der Waals surface area contributed by atoms with E-state index < -0.39 is 0 Å². The Hall–Kier alpha value is -2.60. The van der Waals surface area contributed by atoms with E-state index in [0.717, 1.165) is 28.8 Å². The number of hydrogen-bond donors (Lipinski definition) is 1. The van der Waals surface area contributed by atoms with Gasteiger partial charge in [0.25, 0.3) is 5.91 Å². The van der Waals surface area contributed by atoms with Gasteiger partial charge in [-0.2, -0.15) is 5.10 Å². The van der Waals surface area contributed by atoms with Gasteiger partial charge in [-0.1, -0.05) is 40.2 Å². The molecule has 26 heavy (non-hydrogen) atoms. The Morgan fingerprint density at radius 1 is 1.12 bits per heavy atom. The normalized spacial score (nSPS) is 16.7. The molecule has 1 saturated heterocycles. The molecule has 0 radical (unpaired) electrons. The first-order chi connectivity index (χ1) is 12.7. The van der Waals surface area contributed by atoms with Gasteiger partial charge in [0.2, 0.25) is 0 Å². The fourth-order valence-corrected chi connectivity index (χ4v) is 3.58. The zero-order valence-corrected chi connectivity index (χ0v) is 15.8. The molecule has 1 N–H and O–H groups in total. The quantitative estimate of drug-likeness (QED) is 0.707. The van der Waals surface area contributed by atoms with E-state index in [0.29, 0.717) is 12.2 Å². The van der Waals surface area contributed by atoms with Gasteiger partial charge >= 0.3 is 0 Å². The number of benzene rings is 2. The fourth-order valence-electron chi connectivity index (χ4n) is 3.20. The highest BCUT2D eigenvalue weighted by molar-refractivity contribution is 9.10. The molecule has 1 aromatic heterocycles. The van der Waals surface area contributed by atoms with E-state index in [-0.39, 0.29) is 11.9 Å². The van der Waals surface area contributed by atoms with E-state index in [1.54, 1.807) is 10.7 Å². The number of carbonyl (C=O) groups excluding carboxylic acids is 1. The predicted octanol–water partition coefficient (Wildman–Crippen LogP) is 3.96. The summed E-state index contributed by atoms with van der Waals surface area (Å²) in [4.78, 5) is 14.6. The summed E-state index contributed by atoms with van der Waals surface area (Å²) in [6.07, 6.45) is 2.76. The van der Waals surface area contributed by atoms with E-state index in [4.69, 9.17) is 0 Å². The number of likely N-dealkylation sites (tertiary alicyclic amines) is 1. The number of nitrogens with one attached hydrogen (secondary N) is 1. The van der Waals surface area contributed by atoms with Crippen LogP contribution < -0.4 is 5.32 Å². The average molecular weight is 411 g/mol. The second-order valence-corrected chi connectivity index (χ2v) is 7.29. The summed E-state index contributed by atoms with van der Waals surface area (Å²) >= 11 is 3.46. The highest BCUT2D eigenvalue weighted by Gasteiger charge is 2.28. The minimum absolute atomic E-state index is 0.0175. The molecule has 132 valence electrons. The van der Waals surface area contributed by atoms with Gasteiger partial charge in [-0.3, -0.25) is 4.79 Å². The number of rotatable bonds is 4. The molecule has 1 atom stereocenters. The van der Waals surface area contributed by atoms with Crippen molar-refractivity contribution in [3.05, 3.63) is 77.0 Å². The molecule has 1 fully saturated rings. The lowest BCUT2D eigenvalue weighted by Crippen LogP contribution is -2.31. The van der Waals surface area contributed by atoms with Gasteiger partial charge in [0.1, 0.15) is 0 Å². The van der Waals surface area contributed by atoms with E-state index in [1.807, 2.05) is 65.7 Å². The van der Waals surface area contributed by atoms with Gasteiger partial charge in [-0.25, -0.2) is 4.68 Å². The molecule has 1 amide bonds. The first-order valence-electron chi connectivity index (χ1n) is 8.61. The average Bonchev–Trinajstić information content (AvgIpc) is 3.32. The van der Waals surface area contributed by atoms with E-state index >= 15 is 0 Å². The van der Waals surface area contributed by atoms with Crippen LogP contribution in [0.2, 0.25) is 0 Å². The molecule has 1 aliphatic heterocycles. The van der Waals surface area contributed by atoms with Crippen molar-refractivity contribution in [1.29, 1.82) is 0 Å². The molecule has 6 heteroatoms. The summed E-state index contributed by atoms with van der Waals surface area (Å²) in [5.41, 5.74) is 2.49. The molecule has 0 spiro atoms. The molecule has 0 bridgehead atoms. The third-order valence-corrected chi connectivity index (χ3v) is 4.99. The van der Waals surface area contributed by atoms with Gasteiger partial charge < -0.3 is 10.2 Å². The van der Waals surface area contributed by atoms with Crippen molar-refractivity contribution >= 4 is 27.5 Å². The summed E-state index contributed by atoms with van der Waals surface area (Å²) < 4.78 is 2.71. The lowest BCUT2D eigenvalue weighted by molar-refractivity contribution is 0.0785. The molecular weight excluding hydrogens is 392 g/mol. The number of nitrogens with zero attached hydrogens (tertiary/aromatic N) is 3. The van der Waals surface area contributed by atoms with Crippen molar-refractivity contribution < 1.29 is 4.79 Å². The van der Waals surface area contributed by atoms with E-state index in [2.05, 4.69) is 26.3 Å². The maximum atomic E-state index is 12.8. The van der Waals surface area contributed by atoms with E-state index in [1.165, 1.54) is 0 Å². The van der Waals surface area contributed by atoms with Crippen molar-refractivity contribution in [3.8, 4) is 5.69 Å². The van der Waals surface area contributed by atoms with Crippen molar-refractivity contribution in [2.24, 2.45) is 0 Å². The first-order valence-corrected chi connectivity index (χ1v) is 9.41. The molecule has 1 unspecified atom stereocenters. The van der Waals surface area contributed by atoms with Gasteiger partial charge in [-0.15, -0.1) is 0 Å². The number of amides is 1. The molecule has 2 aromatic carbocycles. The maximum Gasteiger partial charge on any atom is 0.274 e. The first kappa shape index (κ1) is 16.8. The molecule has 0 saturated carbocycles. The SMILES string of the molecule is O=C(c1ccn(-c2cccc(Br)c2)n1)N1CCC(Nc2ccccc2)C1. The van der Waals surface area contributed by atoms with Crippen LogP contribution in [0.5, 0.6) is 0 Å². The third kappa shape index (κ3) is 3.65. The van der Waals surface area contributed by atoms with E-state index in [9.17, 15) is 4.79 Å². The number of anilines is 1. The van der Waals surface area contributed by atoms with Crippen LogP contribution in [0.15, 0.2) is 71.3 Å². The van der Waals surface area contributed by atoms with Crippen LogP contribution in [0.1, 0.15) is 16.9 Å². The fraction of sp³-hybridized carbons (Fsp3) is 0.200. The molecular formula is C20H19BrN4O. The monoisotopic (exact) mass is 410 g/mol. The maximum absolute atomic E-state index is 12.8. The largest absolute Gasteiger partial charge is 0.380 e. The van der Waals surface area contributed by atoms with Crippen molar-refractivity contribution in [2.45, 2.75) is 12.5 Å². The van der Waals surface area contributed by atoms with Crippen LogP contribution in [0.4, 0.5) is 5.69 Å². The third-order valence-electron chi connectivity index (χ3n) is 4.50. The van der Waals surface area contributed by atoms with Crippen molar-refractivity contribution in [1.82, 2.24) is 14.7 Å². The Balaban J connectivity index is 1.42. The van der Waals surface area contributed by atoms with Gasteiger partial charge in [-0.05, 0) is 42.8 Å². The van der Waals surface area contributed by atoms with Crippen molar-refractivity contribution in [3.63, 3.8) is 0 Å². The van der Waals surface area contributed by atoms with Crippen LogP contribution in [0, 0.1) is 0 Å². The molecule has 4 rings (SSSR count). The molecule has 5 nitrogen and oxygen atoms in total. The smallest absolute Gasteiger partial charge is 0.274 e. The molecule has 0 aliphatic carbocycles. The van der Waals surface area contributed by atoms with Gasteiger partial charge in [0.05, 0.1) is 5.69 Å². The Bertz CT molecular complexity index is 909. The Kier molecular flexibility index (Phi) is 4.75. The van der Waals surface area contributed by atoms with Gasteiger partial charge in [0.15, 0.2) is 5.69 Å². The zero-order valence-electron chi connectivity index (χ0n) is 14.2. The highest BCUT2D eigenvalue weighted by Crippen LogP contribution is 2.19. The topological polar surface area (TPSA) is 50.2 Å². The standard InChI is InChI=1S/C20H19BrN4O/c21-15-5-4-8-18(13-15)25-12-10-19(23-25)20(26)24-11-9-17(14-24)22-16-6-2-1-3-7-16/h1-8,10,12-13,17,22H,9,11,14H2. The van der Waals surface area contributed by atoms with Crippen LogP contribution in [0.25, 0.3) is 5.69 Å². The summed E-state index contributed by atoms with van der Waals surface area (Å²) in [6, 6.07) is 20.0. The summed E-state index contributed by atoms with van der Waals surface area (Å²) in [7, 11) is 0. The van der Waals surface area contributed by atoms with Crippen LogP contribution in [-0.4, -0.2) is 39.7 Å². The zero-order chi connectivity index (χ0) is 17.9. The lowest BCUT2D eigenvalue weighted by Gasteiger charge is -2.16. The number of aromatic nitrogens is 2. The molecule has 3 aromatic rings. The highest BCUT2D eigenvalue weighted by atomic mass is 79.9. The summed E-state index contributed by atoms with van der Waals surface area (Å²) in [6.45, 7) is 1.44. The molecule has 2 heterocycles.